The number of hydrogen-bond acceptors (Lipinski definition) is 1. The Morgan fingerprint density at radius 1 is 0.769 bits per heavy atom. The Kier molecular flexibility index (Phi) is 20.1. The summed E-state index contributed by atoms with van der Waals surface area (Å²) in [6.07, 6.45) is 12.6. The van der Waals surface area contributed by atoms with Crippen LogP contribution in [0.1, 0.15) is 46.5 Å². The maximum atomic E-state index is 8.24. The molecule has 0 aromatic heterocycles. The number of rotatable bonds is 5. The van der Waals surface area contributed by atoms with Crippen LogP contribution in [0.4, 0.5) is 0 Å². The average molecular weight is 184 g/mol. The summed E-state index contributed by atoms with van der Waals surface area (Å²) in [5.41, 5.74) is 0. The van der Waals surface area contributed by atoms with Gasteiger partial charge in [0.1, 0.15) is 0 Å². The highest BCUT2D eigenvalue weighted by Gasteiger charge is 1.69. The Labute approximate surface area is 83.2 Å². The minimum Gasteiger partial charge on any atom is -0.396 e. The van der Waals surface area contributed by atoms with Crippen molar-refractivity contribution in [1.29, 1.82) is 0 Å². The summed E-state index contributed by atoms with van der Waals surface area (Å²) in [6.45, 7) is 6.64. The van der Waals surface area contributed by atoms with Gasteiger partial charge in [-0.2, -0.15) is 0 Å². The average Bonchev–Trinajstić information content (AvgIpc) is 2.17. The topological polar surface area (TPSA) is 20.2 Å². The minimum atomic E-state index is 0.274. The van der Waals surface area contributed by atoms with Gasteiger partial charge < -0.3 is 5.11 Å². The second-order valence-corrected chi connectivity index (χ2v) is 2.68. The van der Waals surface area contributed by atoms with Crippen molar-refractivity contribution >= 4 is 0 Å². The number of aliphatic hydroxyl groups is 1. The van der Waals surface area contributed by atoms with Crippen LogP contribution in [0.2, 0.25) is 0 Å². The zero-order chi connectivity index (χ0) is 10.4. The zero-order valence-corrected chi connectivity index (χ0v) is 9.29. The Hall–Kier alpha value is -0.560. The Morgan fingerprint density at radius 2 is 1.15 bits per heavy atom. The van der Waals surface area contributed by atoms with Crippen LogP contribution in [0.3, 0.4) is 0 Å². The van der Waals surface area contributed by atoms with E-state index in [4.69, 9.17) is 5.11 Å². The van der Waals surface area contributed by atoms with Crippen LogP contribution in [0.25, 0.3) is 0 Å². The molecule has 0 atom stereocenters. The summed E-state index contributed by atoms with van der Waals surface area (Å²) in [5.74, 6) is 0. The number of aliphatic hydroxyl groups excluding tert-OH is 1. The highest BCUT2D eigenvalue weighted by Crippen LogP contribution is 1.82. The van der Waals surface area contributed by atoms with Crippen molar-refractivity contribution in [3.8, 4) is 0 Å². The Balaban J connectivity index is 0. The van der Waals surface area contributed by atoms with Crippen LogP contribution < -0.4 is 0 Å². The van der Waals surface area contributed by atoms with Crippen LogP contribution in [0, 0.1) is 0 Å². The second kappa shape index (κ2) is 17.5. The van der Waals surface area contributed by atoms with Crippen molar-refractivity contribution in [2.24, 2.45) is 0 Å². The van der Waals surface area contributed by atoms with Crippen LogP contribution >= 0.6 is 0 Å². The molecule has 1 N–H and O–H groups in total. The molecule has 0 radical (unpaired) electrons. The molecule has 0 rings (SSSR count). The lowest BCUT2D eigenvalue weighted by atomic mass is 10.3. The van der Waals surface area contributed by atoms with Gasteiger partial charge in [-0.25, -0.2) is 0 Å². The smallest absolute Gasteiger partial charge is 0.0465 e. The lowest BCUT2D eigenvalue weighted by molar-refractivity contribution is 0.302. The van der Waals surface area contributed by atoms with Gasteiger partial charge in [0.05, 0.1) is 0 Å². The highest BCUT2D eigenvalue weighted by molar-refractivity contribution is 4.79. The molecule has 0 aliphatic rings. The zero-order valence-electron chi connectivity index (χ0n) is 9.29. The molecule has 78 valence electrons. The first-order chi connectivity index (χ1) is 6.33. The van der Waals surface area contributed by atoms with Crippen LogP contribution in [-0.2, 0) is 0 Å². The third-order valence-corrected chi connectivity index (χ3v) is 1.34. The predicted molar refractivity (Wildman–Crippen MR) is 60.9 cm³/mol. The fourth-order valence-corrected chi connectivity index (χ4v) is 0.692. The van der Waals surface area contributed by atoms with Crippen molar-refractivity contribution in [3.05, 3.63) is 24.3 Å². The fourth-order valence-electron chi connectivity index (χ4n) is 0.692. The summed E-state index contributed by atoms with van der Waals surface area (Å²) in [5, 5.41) is 8.24. The van der Waals surface area contributed by atoms with Gasteiger partial charge in [0.15, 0.2) is 0 Å². The van der Waals surface area contributed by atoms with Gasteiger partial charge in [-0.3, -0.25) is 0 Å². The molecule has 1 heteroatoms. The molecule has 0 heterocycles. The van der Waals surface area contributed by atoms with Gasteiger partial charge in [0.2, 0.25) is 0 Å². The number of allylic oxidation sites excluding steroid dienone is 3. The maximum Gasteiger partial charge on any atom is 0.0465 e. The summed E-state index contributed by atoms with van der Waals surface area (Å²) < 4.78 is 0. The third-order valence-electron chi connectivity index (χ3n) is 1.34. The van der Waals surface area contributed by atoms with E-state index in [1.54, 1.807) is 0 Å². The molecule has 0 spiro atoms. The molecule has 1 nitrogen and oxygen atoms in total. The molecule has 0 aromatic carbocycles. The summed E-state index contributed by atoms with van der Waals surface area (Å²) in [4.78, 5) is 0. The lowest BCUT2D eigenvalue weighted by Gasteiger charge is -1.79. The van der Waals surface area contributed by atoms with E-state index < -0.39 is 0 Å². The van der Waals surface area contributed by atoms with E-state index in [1.807, 2.05) is 6.08 Å². The quantitative estimate of drug-likeness (QED) is 0.646. The lowest BCUT2D eigenvalue weighted by Crippen LogP contribution is -1.73. The first kappa shape index (κ1) is 14.9. The fraction of sp³-hybridized carbons (Fsp3) is 0.667. The van der Waals surface area contributed by atoms with Gasteiger partial charge in [-0.15, -0.1) is 0 Å². The van der Waals surface area contributed by atoms with Crippen LogP contribution in [-0.4, -0.2) is 11.7 Å². The molecule has 0 amide bonds. The van der Waals surface area contributed by atoms with E-state index in [9.17, 15) is 0 Å². The highest BCUT2D eigenvalue weighted by atomic mass is 16.2. The van der Waals surface area contributed by atoms with Crippen LogP contribution in [0.5, 0.6) is 0 Å². The monoisotopic (exact) mass is 184 g/mol. The Morgan fingerprint density at radius 3 is 1.46 bits per heavy atom. The van der Waals surface area contributed by atoms with E-state index in [-0.39, 0.29) is 6.61 Å². The van der Waals surface area contributed by atoms with E-state index in [2.05, 4.69) is 39.0 Å². The SMILES string of the molecule is CCC=CCC.CCC=CCCO. The molecule has 13 heavy (non-hydrogen) atoms. The van der Waals surface area contributed by atoms with Gasteiger partial charge >= 0.3 is 0 Å². The largest absolute Gasteiger partial charge is 0.396 e. The first-order valence-corrected chi connectivity index (χ1v) is 5.24. The predicted octanol–water partition coefficient (Wildman–Crippen LogP) is 3.70. The molecule has 0 aliphatic carbocycles. The van der Waals surface area contributed by atoms with Gasteiger partial charge in [-0.1, -0.05) is 45.1 Å². The summed E-state index contributed by atoms with van der Waals surface area (Å²) in [6, 6.07) is 0. The van der Waals surface area contributed by atoms with Gasteiger partial charge in [-0.05, 0) is 25.7 Å². The van der Waals surface area contributed by atoms with E-state index in [0.717, 1.165) is 12.8 Å². The first-order valence-electron chi connectivity index (χ1n) is 5.24. The molecule has 0 saturated carbocycles. The van der Waals surface area contributed by atoms with E-state index in [0.29, 0.717) is 0 Å². The van der Waals surface area contributed by atoms with Crippen molar-refractivity contribution in [1.82, 2.24) is 0 Å². The Bertz CT molecular complexity index is 108. The normalized spacial score (nSPS) is 10.5. The number of hydrogen-bond donors (Lipinski definition) is 1. The summed E-state index contributed by atoms with van der Waals surface area (Å²) >= 11 is 0. The van der Waals surface area contributed by atoms with Crippen LogP contribution in [0.15, 0.2) is 24.3 Å². The summed E-state index contributed by atoms with van der Waals surface area (Å²) in [7, 11) is 0. The standard InChI is InChI=1S/C6H12O.C6H12/c1-2-3-4-5-6-7;1-3-5-6-4-2/h3-4,7H,2,5-6H2,1H3;5-6H,3-4H2,1-2H3. The van der Waals surface area contributed by atoms with Crippen molar-refractivity contribution < 1.29 is 5.11 Å². The molecule has 0 bridgehead atoms. The molecular weight excluding hydrogens is 160 g/mol. The second-order valence-electron chi connectivity index (χ2n) is 2.68. The van der Waals surface area contributed by atoms with E-state index >= 15 is 0 Å². The van der Waals surface area contributed by atoms with Crippen molar-refractivity contribution in [2.75, 3.05) is 6.61 Å². The van der Waals surface area contributed by atoms with E-state index in [1.165, 1.54) is 12.8 Å². The third kappa shape index (κ3) is 24.6. The molecular formula is C12H24O. The molecule has 0 aliphatic heterocycles. The minimum absolute atomic E-state index is 0.274. The molecule has 0 unspecified atom stereocenters. The van der Waals surface area contributed by atoms with Gasteiger partial charge in [0, 0.05) is 6.61 Å². The molecule has 0 aromatic rings. The molecule has 0 fully saturated rings. The van der Waals surface area contributed by atoms with Crippen molar-refractivity contribution in [3.63, 3.8) is 0 Å². The van der Waals surface area contributed by atoms with Crippen molar-refractivity contribution in [2.45, 2.75) is 46.5 Å². The van der Waals surface area contributed by atoms with Gasteiger partial charge in [0.25, 0.3) is 0 Å². The maximum absolute atomic E-state index is 8.24. The molecule has 0 saturated heterocycles.